The van der Waals surface area contributed by atoms with Crippen molar-refractivity contribution >= 4 is 35.1 Å². The number of halogens is 2. The quantitative estimate of drug-likeness (QED) is 0.251. The maximum Gasteiger partial charge on any atom is 0.254 e. The number of carbonyl (C=O) groups is 1. The highest BCUT2D eigenvalue weighted by molar-refractivity contribution is 6.31. The molecule has 42 heavy (non-hydrogen) atoms. The van der Waals surface area contributed by atoms with Gasteiger partial charge >= 0.3 is 0 Å². The number of rotatable bonds is 9. The first-order valence-corrected chi connectivity index (χ1v) is 14.4. The SMILES string of the molecule is O=C(Nc1ncn(CC2CCCC2)n1)[C@H](Cc1ccccc1)n1cnc(-c2cc(Cl)ccc2-n2cc(Cl)nn2)cc1=O. The first-order valence-electron chi connectivity index (χ1n) is 13.6. The summed E-state index contributed by atoms with van der Waals surface area (Å²) in [5.41, 5.74) is 1.95. The molecule has 0 aliphatic heterocycles. The number of carbonyl (C=O) groups excluding carboxylic acids is 1. The summed E-state index contributed by atoms with van der Waals surface area (Å²) in [7, 11) is 0. The first-order chi connectivity index (χ1) is 20.4. The van der Waals surface area contributed by atoms with Crippen LogP contribution in [0.1, 0.15) is 37.3 Å². The maximum absolute atomic E-state index is 13.6. The zero-order valence-electron chi connectivity index (χ0n) is 22.5. The molecule has 0 radical (unpaired) electrons. The molecule has 3 aromatic heterocycles. The first kappa shape index (κ1) is 27.8. The summed E-state index contributed by atoms with van der Waals surface area (Å²) in [5, 5.41) is 15.8. The Labute approximate surface area is 251 Å². The van der Waals surface area contributed by atoms with E-state index in [9.17, 15) is 9.59 Å². The van der Waals surface area contributed by atoms with Gasteiger partial charge in [0.05, 0.1) is 23.9 Å². The van der Waals surface area contributed by atoms with Crippen LogP contribution in [0.2, 0.25) is 10.2 Å². The van der Waals surface area contributed by atoms with E-state index < -0.39 is 17.5 Å². The van der Waals surface area contributed by atoms with Crippen molar-refractivity contribution in [2.24, 2.45) is 5.92 Å². The summed E-state index contributed by atoms with van der Waals surface area (Å²) in [6, 6.07) is 15.1. The molecule has 11 nitrogen and oxygen atoms in total. The molecule has 5 aromatic rings. The Morgan fingerprint density at radius 3 is 2.57 bits per heavy atom. The second kappa shape index (κ2) is 12.3. The molecule has 3 heterocycles. The van der Waals surface area contributed by atoms with E-state index in [0.29, 0.717) is 27.9 Å². The van der Waals surface area contributed by atoms with Gasteiger partial charge in [0, 0.05) is 29.6 Å². The van der Waals surface area contributed by atoms with E-state index in [2.05, 4.69) is 30.7 Å². The highest BCUT2D eigenvalue weighted by Gasteiger charge is 2.25. The van der Waals surface area contributed by atoms with Crippen molar-refractivity contribution in [3.05, 3.63) is 99.5 Å². The molecule has 1 aliphatic rings. The lowest BCUT2D eigenvalue weighted by Gasteiger charge is -2.19. The van der Waals surface area contributed by atoms with Crippen LogP contribution in [0.5, 0.6) is 0 Å². The lowest BCUT2D eigenvalue weighted by atomic mass is 10.0. The molecule has 2 aromatic carbocycles. The van der Waals surface area contributed by atoms with Crippen LogP contribution in [0.4, 0.5) is 5.95 Å². The Bertz CT molecular complexity index is 1760. The molecule has 1 amide bonds. The van der Waals surface area contributed by atoms with Crippen molar-refractivity contribution in [2.45, 2.75) is 44.7 Å². The fourth-order valence-corrected chi connectivity index (χ4v) is 5.61. The van der Waals surface area contributed by atoms with Crippen LogP contribution in [-0.4, -0.2) is 45.2 Å². The minimum absolute atomic E-state index is 0.198. The second-order valence-electron chi connectivity index (χ2n) is 10.3. The number of aromatic nitrogens is 8. The molecule has 214 valence electrons. The number of hydrogen-bond acceptors (Lipinski definition) is 7. The summed E-state index contributed by atoms with van der Waals surface area (Å²) in [6.45, 7) is 0.771. The van der Waals surface area contributed by atoms with Gasteiger partial charge < -0.3 is 0 Å². The zero-order valence-corrected chi connectivity index (χ0v) is 24.0. The third-order valence-corrected chi connectivity index (χ3v) is 7.79. The van der Waals surface area contributed by atoms with Gasteiger partial charge in [-0.15, -0.1) is 10.2 Å². The molecule has 1 N–H and O–H groups in total. The van der Waals surface area contributed by atoms with Gasteiger partial charge in [-0.2, -0.15) is 0 Å². The topological polar surface area (TPSA) is 125 Å². The van der Waals surface area contributed by atoms with E-state index in [1.165, 1.54) is 47.3 Å². The van der Waals surface area contributed by atoms with Crippen molar-refractivity contribution in [1.29, 1.82) is 0 Å². The third kappa shape index (κ3) is 6.27. The van der Waals surface area contributed by atoms with Gasteiger partial charge in [0.25, 0.3) is 5.56 Å². The van der Waals surface area contributed by atoms with Gasteiger partial charge in [0.1, 0.15) is 12.4 Å². The Morgan fingerprint density at radius 1 is 1.02 bits per heavy atom. The maximum atomic E-state index is 13.6. The molecule has 0 bridgehead atoms. The van der Waals surface area contributed by atoms with Crippen LogP contribution in [0, 0.1) is 5.92 Å². The average Bonchev–Trinajstić information content (AvgIpc) is 3.76. The second-order valence-corrected chi connectivity index (χ2v) is 11.1. The van der Waals surface area contributed by atoms with Gasteiger partial charge in [-0.25, -0.2) is 14.6 Å². The Kier molecular flexibility index (Phi) is 8.11. The van der Waals surface area contributed by atoms with Crippen LogP contribution in [0.15, 0.2) is 78.2 Å². The molecule has 13 heteroatoms. The fourth-order valence-electron chi connectivity index (χ4n) is 5.31. The lowest BCUT2D eigenvalue weighted by Crippen LogP contribution is -2.35. The van der Waals surface area contributed by atoms with Crippen LogP contribution < -0.4 is 10.9 Å². The van der Waals surface area contributed by atoms with E-state index in [-0.39, 0.29) is 17.5 Å². The number of nitrogens with one attached hydrogen (secondary N) is 1. The van der Waals surface area contributed by atoms with Crippen molar-refractivity contribution in [1.82, 2.24) is 39.3 Å². The van der Waals surface area contributed by atoms with Crippen molar-refractivity contribution in [2.75, 3.05) is 5.32 Å². The summed E-state index contributed by atoms with van der Waals surface area (Å²) in [5.74, 6) is 0.351. The highest BCUT2D eigenvalue weighted by Crippen LogP contribution is 2.29. The number of nitrogens with zero attached hydrogens (tertiary/aromatic N) is 8. The monoisotopic (exact) mass is 603 g/mol. The molecular formula is C29H27Cl2N9O2. The van der Waals surface area contributed by atoms with Crippen molar-refractivity contribution in [3.63, 3.8) is 0 Å². The van der Waals surface area contributed by atoms with E-state index in [0.717, 1.165) is 12.1 Å². The molecule has 6 rings (SSSR count). The van der Waals surface area contributed by atoms with Gasteiger partial charge in [-0.3, -0.25) is 24.2 Å². The molecule has 0 unspecified atom stereocenters. The fraction of sp³-hybridized carbons (Fsp3) is 0.276. The predicted octanol–water partition coefficient (Wildman–Crippen LogP) is 5.00. The Morgan fingerprint density at radius 2 is 1.83 bits per heavy atom. The minimum Gasteiger partial charge on any atom is -0.291 e. The third-order valence-electron chi connectivity index (χ3n) is 7.38. The summed E-state index contributed by atoms with van der Waals surface area (Å²) >= 11 is 12.3. The van der Waals surface area contributed by atoms with Crippen molar-refractivity contribution in [3.8, 4) is 16.9 Å². The van der Waals surface area contributed by atoms with Gasteiger partial charge in [0.2, 0.25) is 11.9 Å². The molecule has 1 saturated carbocycles. The smallest absolute Gasteiger partial charge is 0.254 e. The van der Waals surface area contributed by atoms with Gasteiger partial charge in [0.15, 0.2) is 5.15 Å². The van der Waals surface area contributed by atoms with Gasteiger partial charge in [-0.1, -0.05) is 71.6 Å². The van der Waals surface area contributed by atoms with E-state index in [1.54, 1.807) is 35.4 Å². The molecule has 1 fully saturated rings. The summed E-state index contributed by atoms with van der Waals surface area (Å²) < 4.78 is 4.56. The largest absolute Gasteiger partial charge is 0.291 e. The Balaban J connectivity index is 1.30. The molecule has 0 saturated heterocycles. The van der Waals surface area contributed by atoms with E-state index in [1.807, 2.05) is 30.3 Å². The number of anilines is 1. The standard InChI is InChI=1S/C29H27Cl2N9O2/c30-21-10-11-24(40-16-26(31)35-37-40)22(13-21)23-14-27(41)39(18-32-23)25(12-19-6-2-1-3-7-19)28(42)34-29-33-17-38(36-29)15-20-8-4-5-9-20/h1-3,6-7,10-11,13-14,16-18,20,25H,4-5,8-9,12,15H2,(H,34,36,42)/t25-/m0/s1. The number of benzene rings is 2. The van der Waals surface area contributed by atoms with E-state index in [4.69, 9.17) is 23.2 Å². The van der Waals surface area contributed by atoms with E-state index >= 15 is 0 Å². The van der Waals surface area contributed by atoms with Crippen molar-refractivity contribution < 1.29 is 4.79 Å². The Hall–Kier alpha value is -4.35. The minimum atomic E-state index is -0.906. The lowest BCUT2D eigenvalue weighted by molar-refractivity contribution is -0.119. The summed E-state index contributed by atoms with van der Waals surface area (Å²) in [4.78, 5) is 36.0. The predicted molar refractivity (Wildman–Crippen MR) is 159 cm³/mol. The molecule has 1 atom stereocenters. The van der Waals surface area contributed by atoms with Crippen LogP contribution >= 0.6 is 23.2 Å². The average molecular weight is 605 g/mol. The zero-order chi connectivity index (χ0) is 29.1. The summed E-state index contributed by atoms with van der Waals surface area (Å²) in [6.07, 6.45) is 9.63. The molecule has 1 aliphatic carbocycles. The van der Waals surface area contributed by atoms with Crippen LogP contribution in [0.3, 0.4) is 0 Å². The normalized spacial score (nSPS) is 14.2. The molecule has 0 spiro atoms. The van der Waals surface area contributed by atoms with Crippen LogP contribution in [-0.2, 0) is 17.8 Å². The number of amides is 1. The van der Waals surface area contributed by atoms with Crippen LogP contribution in [0.25, 0.3) is 16.9 Å². The van der Waals surface area contributed by atoms with Gasteiger partial charge in [-0.05, 0) is 42.5 Å². The number of hydrogen-bond donors (Lipinski definition) is 1. The molecular weight excluding hydrogens is 577 g/mol. The highest BCUT2D eigenvalue weighted by atomic mass is 35.5.